The van der Waals surface area contributed by atoms with Gasteiger partial charge in [0, 0.05) is 18.5 Å². The van der Waals surface area contributed by atoms with Gasteiger partial charge in [0.05, 0.1) is 17.2 Å². The van der Waals surface area contributed by atoms with Gasteiger partial charge in [-0.15, -0.1) is 0 Å². The Balaban J connectivity index is 1.54. The number of thiocarbonyl (C=S) groups is 1. The summed E-state index contributed by atoms with van der Waals surface area (Å²) in [6.07, 6.45) is 2.13. The van der Waals surface area contributed by atoms with E-state index in [0.29, 0.717) is 23.1 Å². The largest absolute Gasteiger partial charge is 0.376 e. The second-order valence-corrected chi connectivity index (χ2v) is 6.52. The van der Waals surface area contributed by atoms with Crippen molar-refractivity contribution < 1.29 is 14.3 Å². The van der Waals surface area contributed by atoms with E-state index in [1.165, 1.54) is 0 Å². The number of hydrogen-bond donors (Lipinski definition) is 2. The van der Waals surface area contributed by atoms with Crippen LogP contribution < -0.4 is 10.7 Å². The van der Waals surface area contributed by atoms with Crippen LogP contribution in [0.15, 0.2) is 36.4 Å². The summed E-state index contributed by atoms with van der Waals surface area (Å²) in [6.45, 7) is 1.31. The molecule has 2 aliphatic rings. The van der Waals surface area contributed by atoms with E-state index in [0.717, 1.165) is 29.8 Å². The first-order valence-electron chi connectivity index (χ1n) is 8.22. The topological polar surface area (TPSA) is 70.7 Å². The van der Waals surface area contributed by atoms with Gasteiger partial charge in [-0.05, 0) is 42.6 Å². The molecular formula is C18H17N3O3S. The molecule has 4 rings (SSSR count). The van der Waals surface area contributed by atoms with Crippen molar-refractivity contribution in [2.45, 2.75) is 18.9 Å². The molecule has 0 unspecified atom stereocenters. The minimum atomic E-state index is -0.407. The van der Waals surface area contributed by atoms with Crippen LogP contribution in [0.1, 0.15) is 33.6 Å². The Morgan fingerprint density at radius 1 is 1.16 bits per heavy atom. The van der Waals surface area contributed by atoms with E-state index >= 15 is 0 Å². The molecule has 6 nitrogen and oxygen atoms in total. The van der Waals surface area contributed by atoms with Crippen LogP contribution in [0.3, 0.4) is 0 Å². The van der Waals surface area contributed by atoms with Crippen molar-refractivity contribution >= 4 is 39.9 Å². The van der Waals surface area contributed by atoms with Gasteiger partial charge in [-0.3, -0.25) is 15.0 Å². The Morgan fingerprint density at radius 2 is 1.84 bits per heavy atom. The number of rotatable bonds is 3. The lowest BCUT2D eigenvalue weighted by molar-refractivity contribution is 0.0565. The van der Waals surface area contributed by atoms with E-state index < -0.39 is 11.8 Å². The Bertz CT molecular complexity index is 826. The minimum absolute atomic E-state index is 0.113. The molecule has 1 saturated heterocycles. The highest BCUT2D eigenvalue weighted by Gasteiger charge is 2.33. The molecule has 25 heavy (non-hydrogen) atoms. The lowest BCUT2D eigenvalue weighted by Gasteiger charge is -2.28. The molecule has 0 aliphatic carbocycles. The summed E-state index contributed by atoms with van der Waals surface area (Å²) < 4.78 is 5.52. The number of hydrazine groups is 1. The zero-order valence-electron chi connectivity index (χ0n) is 13.5. The lowest BCUT2D eigenvalue weighted by atomic mass is 9.95. The van der Waals surface area contributed by atoms with Crippen molar-refractivity contribution in [3.8, 4) is 0 Å². The fourth-order valence-corrected chi connectivity index (χ4v) is 3.46. The van der Waals surface area contributed by atoms with Gasteiger partial charge in [-0.2, -0.15) is 5.01 Å². The zero-order valence-corrected chi connectivity index (χ0v) is 14.3. The maximum absolute atomic E-state index is 12.7. The maximum atomic E-state index is 12.7. The van der Waals surface area contributed by atoms with Gasteiger partial charge < -0.3 is 10.1 Å². The van der Waals surface area contributed by atoms with Gasteiger partial charge >= 0.3 is 0 Å². The summed E-state index contributed by atoms with van der Waals surface area (Å²) in [7, 11) is 0. The van der Waals surface area contributed by atoms with Crippen molar-refractivity contribution in [2.24, 2.45) is 0 Å². The SMILES string of the molecule is O=C1c2cccc3cccc(c23)C(=O)N1NC(=S)NC[C@H]1CCCO1. The number of imide groups is 1. The molecule has 7 heteroatoms. The molecule has 2 amide bonds. The van der Waals surface area contributed by atoms with Gasteiger partial charge in [0.25, 0.3) is 11.8 Å². The fourth-order valence-electron chi connectivity index (χ4n) is 3.29. The Kier molecular flexibility index (Phi) is 4.10. The van der Waals surface area contributed by atoms with E-state index in [4.69, 9.17) is 17.0 Å². The van der Waals surface area contributed by atoms with Crippen molar-refractivity contribution in [2.75, 3.05) is 13.2 Å². The van der Waals surface area contributed by atoms with E-state index in [2.05, 4.69) is 10.7 Å². The van der Waals surface area contributed by atoms with Crippen LogP contribution in [0.2, 0.25) is 0 Å². The highest BCUT2D eigenvalue weighted by atomic mass is 32.1. The van der Waals surface area contributed by atoms with E-state index in [1.807, 2.05) is 12.1 Å². The van der Waals surface area contributed by atoms with Gasteiger partial charge in [0.15, 0.2) is 5.11 Å². The summed E-state index contributed by atoms with van der Waals surface area (Å²) in [4.78, 5) is 25.5. The molecule has 0 spiro atoms. The zero-order chi connectivity index (χ0) is 17.4. The van der Waals surface area contributed by atoms with Crippen molar-refractivity contribution in [1.29, 1.82) is 0 Å². The molecule has 0 bridgehead atoms. The third-order valence-electron chi connectivity index (χ3n) is 4.50. The summed E-state index contributed by atoms with van der Waals surface area (Å²) in [5.74, 6) is -0.814. The van der Waals surface area contributed by atoms with Gasteiger partial charge in [-0.1, -0.05) is 24.3 Å². The van der Waals surface area contributed by atoms with Crippen molar-refractivity contribution in [3.63, 3.8) is 0 Å². The van der Waals surface area contributed by atoms with Gasteiger partial charge in [-0.25, -0.2) is 0 Å². The number of hydrogen-bond acceptors (Lipinski definition) is 4. The first-order valence-corrected chi connectivity index (χ1v) is 8.62. The normalized spacial score (nSPS) is 19.4. The summed E-state index contributed by atoms with van der Waals surface area (Å²) in [5.41, 5.74) is 3.70. The molecular weight excluding hydrogens is 338 g/mol. The molecule has 1 fully saturated rings. The summed E-state index contributed by atoms with van der Waals surface area (Å²) in [5, 5.41) is 5.77. The number of nitrogens with one attached hydrogen (secondary N) is 2. The Morgan fingerprint density at radius 3 is 2.44 bits per heavy atom. The number of carbonyl (C=O) groups excluding carboxylic acids is 2. The molecule has 0 saturated carbocycles. The number of benzene rings is 2. The molecule has 2 aliphatic heterocycles. The molecule has 2 heterocycles. The molecule has 0 aromatic heterocycles. The van der Waals surface area contributed by atoms with Crippen LogP contribution in [0.4, 0.5) is 0 Å². The van der Waals surface area contributed by atoms with E-state index in [-0.39, 0.29) is 11.2 Å². The summed E-state index contributed by atoms with van der Waals surface area (Å²) >= 11 is 5.23. The maximum Gasteiger partial charge on any atom is 0.280 e. The van der Waals surface area contributed by atoms with Crippen LogP contribution in [-0.4, -0.2) is 41.2 Å². The predicted molar refractivity (Wildman–Crippen MR) is 97.2 cm³/mol. The highest BCUT2D eigenvalue weighted by molar-refractivity contribution is 7.80. The third kappa shape index (κ3) is 2.85. The Hall–Kier alpha value is -2.51. The second kappa shape index (κ2) is 6.42. The number of nitrogens with zero attached hydrogens (tertiary/aromatic N) is 1. The van der Waals surface area contributed by atoms with E-state index in [1.54, 1.807) is 24.3 Å². The molecule has 128 valence electrons. The van der Waals surface area contributed by atoms with Gasteiger partial charge in [0.1, 0.15) is 0 Å². The molecule has 2 N–H and O–H groups in total. The molecule has 0 radical (unpaired) electrons. The van der Waals surface area contributed by atoms with Crippen molar-refractivity contribution in [3.05, 3.63) is 47.5 Å². The standard InChI is InChI=1S/C18H17N3O3S/c22-16-13-7-1-4-11-5-2-8-14(15(11)13)17(23)21(16)20-18(25)19-10-12-6-3-9-24-12/h1-2,4-5,7-8,12H,3,6,9-10H2,(H2,19,20,25)/t12-/m1/s1. The average molecular weight is 355 g/mol. The van der Waals surface area contributed by atoms with Crippen LogP contribution in [-0.2, 0) is 4.74 Å². The average Bonchev–Trinajstić information content (AvgIpc) is 3.15. The van der Waals surface area contributed by atoms with Crippen LogP contribution in [0, 0.1) is 0 Å². The predicted octanol–water partition coefficient (Wildman–Crippen LogP) is 1.99. The number of ether oxygens (including phenoxy) is 1. The molecule has 2 aromatic carbocycles. The van der Waals surface area contributed by atoms with Crippen molar-refractivity contribution in [1.82, 2.24) is 15.8 Å². The Labute approximate surface area is 150 Å². The fraction of sp³-hybridized carbons (Fsp3) is 0.278. The van der Waals surface area contributed by atoms with Crippen LogP contribution in [0.5, 0.6) is 0 Å². The molecule has 1 atom stereocenters. The smallest absolute Gasteiger partial charge is 0.280 e. The second-order valence-electron chi connectivity index (χ2n) is 6.11. The van der Waals surface area contributed by atoms with Crippen LogP contribution >= 0.6 is 12.2 Å². The first kappa shape index (κ1) is 16.0. The lowest BCUT2D eigenvalue weighted by Crippen LogP contribution is -2.55. The van der Waals surface area contributed by atoms with E-state index in [9.17, 15) is 9.59 Å². The first-order chi connectivity index (χ1) is 12.1. The van der Waals surface area contributed by atoms with Crippen LogP contribution in [0.25, 0.3) is 10.8 Å². The third-order valence-corrected chi connectivity index (χ3v) is 4.73. The number of amides is 2. The van der Waals surface area contributed by atoms with Gasteiger partial charge in [0.2, 0.25) is 0 Å². The number of carbonyl (C=O) groups is 2. The minimum Gasteiger partial charge on any atom is -0.376 e. The summed E-state index contributed by atoms with van der Waals surface area (Å²) in [6, 6.07) is 10.8. The quantitative estimate of drug-likeness (QED) is 0.648. The molecule has 2 aromatic rings. The monoisotopic (exact) mass is 355 g/mol. The highest BCUT2D eigenvalue weighted by Crippen LogP contribution is 2.29.